The number of aliphatic hydroxyl groups excluding tert-OH is 1. The third kappa shape index (κ3) is 4.31. The fourth-order valence-corrected chi connectivity index (χ4v) is 1.30. The summed E-state index contributed by atoms with van der Waals surface area (Å²) in [4.78, 5) is 8.04. The standard InChI is InChI=1S/C10H19N5O/c1-7(16)4-3-5-13-9-6-8(12-2)14-10(11)15-9/h6-7,16H,3-5H2,1-2H3,(H4,11,12,13,14,15). The molecule has 16 heavy (non-hydrogen) atoms. The Morgan fingerprint density at radius 2 is 2.12 bits per heavy atom. The first-order valence-electron chi connectivity index (χ1n) is 5.36. The Morgan fingerprint density at radius 1 is 1.44 bits per heavy atom. The van der Waals surface area contributed by atoms with E-state index < -0.39 is 0 Å². The molecule has 0 aliphatic rings. The van der Waals surface area contributed by atoms with Gasteiger partial charge in [-0.25, -0.2) is 0 Å². The summed E-state index contributed by atoms with van der Waals surface area (Å²) in [5, 5.41) is 15.1. The van der Waals surface area contributed by atoms with E-state index in [-0.39, 0.29) is 12.1 Å². The van der Waals surface area contributed by atoms with Gasteiger partial charge in [0, 0.05) is 19.7 Å². The van der Waals surface area contributed by atoms with Crippen molar-refractivity contribution in [2.75, 3.05) is 30.0 Å². The third-order valence-electron chi connectivity index (χ3n) is 2.10. The van der Waals surface area contributed by atoms with Crippen molar-refractivity contribution in [1.82, 2.24) is 9.97 Å². The number of rotatable bonds is 6. The number of nitrogens with two attached hydrogens (primary N) is 1. The zero-order valence-corrected chi connectivity index (χ0v) is 9.70. The fourth-order valence-electron chi connectivity index (χ4n) is 1.30. The van der Waals surface area contributed by atoms with Gasteiger partial charge in [-0.05, 0) is 19.8 Å². The topological polar surface area (TPSA) is 96.1 Å². The van der Waals surface area contributed by atoms with Gasteiger partial charge in [-0.2, -0.15) is 9.97 Å². The normalized spacial score (nSPS) is 12.2. The summed E-state index contributed by atoms with van der Waals surface area (Å²) in [7, 11) is 1.78. The predicted octanol–water partition coefficient (Wildman–Crippen LogP) is 0.673. The minimum Gasteiger partial charge on any atom is -0.393 e. The van der Waals surface area contributed by atoms with Crippen molar-refractivity contribution in [3.63, 3.8) is 0 Å². The maximum Gasteiger partial charge on any atom is 0.223 e. The monoisotopic (exact) mass is 225 g/mol. The number of anilines is 3. The lowest BCUT2D eigenvalue weighted by Crippen LogP contribution is -2.09. The Hall–Kier alpha value is -1.56. The molecule has 0 radical (unpaired) electrons. The van der Waals surface area contributed by atoms with Crippen molar-refractivity contribution < 1.29 is 5.11 Å². The Kier molecular flexibility index (Phi) is 4.78. The number of hydrogen-bond acceptors (Lipinski definition) is 6. The van der Waals surface area contributed by atoms with Crippen molar-refractivity contribution in [2.24, 2.45) is 0 Å². The van der Waals surface area contributed by atoms with E-state index in [4.69, 9.17) is 10.8 Å². The van der Waals surface area contributed by atoms with Crippen molar-refractivity contribution in [3.8, 4) is 0 Å². The van der Waals surface area contributed by atoms with Crippen LogP contribution in [-0.4, -0.2) is 34.8 Å². The summed E-state index contributed by atoms with van der Waals surface area (Å²) in [6, 6.07) is 1.79. The molecule has 1 heterocycles. The first kappa shape index (κ1) is 12.5. The van der Waals surface area contributed by atoms with E-state index in [9.17, 15) is 0 Å². The highest BCUT2D eigenvalue weighted by molar-refractivity contribution is 5.50. The minimum atomic E-state index is -0.259. The molecule has 0 fully saturated rings. The van der Waals surface area contributed by atoms with E-state index in [0.29, 0.717) is 11.6 Å². The molecular weight excluding hydrogens is 206 g/mol. The first-order chi connectivity index (χ1) is 7.61. The summed E-state index contributed by atoms with van der Waals surface area (Å²) in [6.45, 7) is 2.53. The molecule has 0 saturated carbocycles. The molecule has 0 saturated heterocycles. The van der Waals surface area contributed by atoms with Gasteiger partial charge in [-0.1, -0.05) is 0 Å². The minimum absolute atomic E-state index is 0.241. The Balaban J connectivity index is 2.44. The van der Waals surface area contributed by atoms with Crippen molar-refractivity contribution in [3.05, 3.63) is 6.07 Å². The third-order valence-corrected chi connectivity index (χ3v) is 2.10. The van der Waals surface area contributed by atoms with Crippen LogP contribution in [0.1, 0.15) is 19.8 Å². The summed E-state index contributed by atoms with van der Waals surface area (Å²) >= 11 is 0. The number of aromatic nitrogens is 2. The molecule has 1 aromatic heterocycles. The lowest BCUT2D eigenvalue weighted by molar-refractivity contribution is 0.183. The van der Waals surface area contributed by atoms with Gasteiger partial charge in [0.2, 0.25) is 5.95 Å². The quantitative estimate of drug-likeness (QED) is 0.531. The van der Waals surface area contributed by atoms with Crippen LogP contribution in [0.4, 0.5) is 17.6 Å². The lowest BCUT2D eigenvalue weighted by atomic mass is 10.2. The van der Waals surface area contributed by atoms with Crippen LogP contribution in [0, 0.1) is 0 Å². The van der Waals surface area contributed by atoms with Crippen LogP contribution in [0.5, 0.6) is 0 Å². The van der Waals surface area contributed by atoms with Crippen LogP contribution >= 0.6 is 0 Å². The highest BCUT2D eigenvalue weighted by Gasteiger charge is 2.01. The molecule has 0 aliphatic carbocycles. The number of nitrogen functional groups attached to an aromatic ring is 1. The van der Waals surface area contributed by atoms with E-state index in [1.165, 1.54) is 0 Å². The van der Waals surface area contributed by atoms with E-state index in [0.717, 1.165) is 19.4 Å². The Morgan fingerprint density at radius 3 is 2.75 bits per heavy atom. The van der Waals surface area contributed by atoms with Gasteiger partial charge in [0.15, 0.2) is 0 Å². The van der Waals surface area contributed by atoms with Crippen molar-refractivity contribution in [2.45, 2.75) is 25.9 Å². The van der Waals surface area contributed by atoms with Gasteiger partial charge in [0.1, 0.15) is 11.6 Å². The van der Waals surface area contributed by atoms with Gasteiger partial charge in [0.25, 0.3) is 0 Å². The maximum absolute atomic E-state index is 9.09. The molecule has 1 rings (SSSR count). The molecule has 6 nitrogen and oxygen atoms in total. The summed E-state index contributed by atoms with van der Waals surface area (Å²) in [6.07, 6.45) is 1.40. The second kappa shape index (κ2) is 6.12. The van der Waals surface area contributed by atoms with E-state index in [2.05, 4.69) is 20.6 Å². The number of hydrogen-bond donors (Lipinski definition) is 4. The summed E-state index contributed by atoms with van der Waals surface area (Å²) in [5.74, 6) is 1.62. The number of nitrogens with zero attached hydrogens (tertiary/aromatic N) is 2. The molecular formula is C10H19N5O. The van der Waals surface area contributed by atoms with Crippen LogP contribution < -0.4 is 16.4 Å². The molecule has 0 aromatic carbocycles. The number of nitrogens with one attached hydrogen (secondary N) is 2. The van der Waals surface area contributed by atoms with Gasteiger partial charge in [0.05, 0.1) is 6.10 Å². The molecule has 5 N–H and O–H groups in total. The molecule has 1 aromatic rings. The predicted molar refractivity (Wildman–Crippen MR) is 65.4 cm³/mol. The van der Waals surface area contributed by atoms with Gasteiger partial charge < -0.3 is 21.5 Å². The molecule has 6 heteroatoms. The molecule has 0 aliphatic heterocycles. The molecule has 0 spiro atoms. The SMILES string of the molecule is CNc1cc(NCCCC(C)O)nc(N)n1. The van der Waals surface area contributed by atoms with Gasteiger partial charge in [-0.15, -0.1) is 0 Å². The van der Waals surface area contributed by atoms with Crippen LogP contribution in [0.25, 0.3) is 0 Å². The fraction of sp³-hybridized carbons (Fsp3) is 0.600. The molecule has 0 bridgehead atoms. The van der Waals surface area contributed by atoms with E-state index in [1.54, 1.807) is 20.0 Å². The largest absolute Gasteiger partial charge is 0.393 e. The van der Waals surface area contributed by atoms with Gasteiger partial charge >= 0.3 is 0 Å². The smallest absolute Gasteiger partial charge is 0.223 e. The molecule has 1 unspecified atom stereocenters. The molecule has 1 atom stereocenters. The first-order valence-corrected chi connectivity index (χ1v) is 5.36. The highest BCUT2D eigenvalue weighted by atomic mass is 16.3. The lowest BCUT2D eigenvalue weighted by Gasteiger charge is -2.08. The average Bonchev–Trinajstić information content (AvgIpc) is 2.23. The number of aliphatic hydroxyl groups is 1. The second-order valence-corrected chi connectivity index (χ2v) is 3.66. The van der Waals surface area contributed by atoms with Crippen LogP contribution in [0.15, 0.2) is 6.07 Å². The molecule has 90 valence electrons. The Bertz CT molecular complexity index is 329. The maximum atomic E-state index is 9.09. The zero-order valence-electron chi connectivity index (χ0n) is 9.70. The van der Waals surface area contributed by atoms with E-state index >= 15 is 0 Å². The van der Waals surface area contributed by atoms with Crippen LogP contribution in [0.3, 0.4) is 0 Å². The summed E-state index contributed by atoms with van der Waals surface area (Å²) < 4.78 is 0. The molecule has 0 amide bonds. The van der Waals surface area contributed by atoms with Gasteiger partial charge in [-0.3, -0.25) is 0 Å². The zero-order chi connectivity index (χ0) is 12.0. The van der Waals surface area contributed by atoms with Crippen LogP contribution in [-0.2, 0) is 0 Å². The second-order valence-electron chi connectivity index (χ2n) is 3.66. The highest BCUT2D eigenvalue weighted by Crippen LogP contribution is 2.11. The van der Waals surface area contributed by atoms with Crippen molar-refractivity contribution in [1.29, 1.82) is 0 Å². The van der Waals surface area contributed by atoms with E-state index in [1.807, 2.05) is 0 Å². The van der Waals surface area contributed by atoms with Crippen molar-refractivity contribution >= 4 is 17.6 Å². The summed E-state index contributed by atoms with van der Waals surface area (Å²) in [5.41, 5.74) is 5.55. The Labute approximate surface area is 95.3 Å². The van der Waals surface area contributed by atoms with Crippen LogP contribution in [0.2, 0.25) is 0 Å². The average molecular weight is 225 g/mol.